The summed E-state index contributed by atoms with van der Waals surface area (Å²) in [5.41, 5.74) is 8.54. The Morgan fingerprint density at radius 2 is 1.15 bits per heavy atom. The maximum atomic E-state index is 6.95. The summed E-state index contributed by atoms with van der Waals surface area (Å²) in [4.78, 5) is 2.35. The van der Waals surface area contributed by atoms with Crippen molar-refractivity contribution in [1.29, 1.82) is 0 Å². The molecule has 0 spiro atoms. The lowest BCUT2D eigenvalue weighted by molar-refractivity contribution is 0.444. The minimum absolute atomic E-state index is 0.786. The summed E-state index contributed by atoms with van der Waals surface area (Å²) in [6, 6.07) is 51.7. The molecule has 2 aliphatic rings. The molecule has 0 saturated carbocycles. The highest BCUT2D eigenvalue weighted by molar-refractivity contribution is 7.25. The summed E-state index contributed by atoms with van der Waals surface area (Å²) in [6.07, 6.45) is 0. The second kappa shape index (κ2) is 9.25. The third-order valence-corrected chi connectivity index (χ3v) is 10.7. The lowest BCUT2D eigenvalue weighted by Gasteiger charge is -2.31. The van der Waals surface area contributed by atoms with Crippen LogP contribution < -0.4 is 14.4 Å². The van der Waals surface area contributed by atoms with Crippen molar-refractivity contribution < 1.29 is 9.47 Å². The molecule has 0 N–H and O–H groups in total. The van der Waals surface area contributed by atoms with Crippen LogP contribution in [-0.4, -0.2) is 4.57 Å². The predicted molar refractivity (Wildman–Crippen MR) is 194 cm³/mol. The molecule has 4 heterocycles. The van der Waals surface area contributed by atoms with Crippen LogP contribution in [0.3, 0.4) is 0 Å². The van der Waals surface area contributed by atoms with Gasteiger partial charge in [-0.2, -0.15) is 0 Å². The van der Waals surface area contributed by atoms with Gasteiger partial charge in [-0.05, 0) is 71.8 Å². The smallest absolute Gasteiger partial charge is 0.176 e. The summed E-state index contributed by atoms with van der Waals surface area (Å²) in [5, 5.41) is 4.86. The van der Waals surface area contributed by atoms with Crippen LogP contribution in [0.2, 0.25) is 0 Å². The van der Waals surface area contributed by atoms with Gasteiger partial charge in [0, 0.05) is 42.3 Å². The first kappa shape index (κ1) is 25.2. The Labute approximate surface area is 273 Å². The molecule has 9 aromatic rings. The fraction of sp³-hybridized carbons (Fsp3) is 0. The monoisotopic (exact) mass is 620 g/mol. The van der Waals surface area contributed by atoms with Crippen molar-refractivity contribution >= 4 is 70.4 Å². The molecule has 5 heteroatoms. The minimum atomic E-state index is 0.786. The van der Waals surface area contributed by atoms with E-state index in [1.165, 1.54) is 25.7 Å². The number of nitrogens with zero attached hydrogens (tertiary/aromatic N) is 2. The number of fused-ring (bicyclic) bond motifs is 4. The van der Waals surface area contributed by atoms with Crippen molar-refractivity contribution in [3.8, 4) is 39.8 Å². The maximum absolute atomic E-state index is 6.95. The topological polar surface area (TPSA) is 26.6 Å². The van der Waals surface area contributed by atoms with Gasteiger partial charge in [0.15, 0.2) is 23.0 Å². The minimum Gasteiger partial charge on any atom is -0.453 e. The fourth-order valence-corrected chi connectivity index (χ4v) is 8.66. The van der Waals surface area contributed by atoms with E-state index in [-0.39, 0.29) is 0 Å². The summed E-state index contributed by atoms with van der Waals surface area (Å²) < 4.78 is 18.3. The van der Waals surface area contributed by atoms with E-state index in [4.69, 9.17) is 9.47 Å². The Kier molecular flexibility index (Phi) is 4.96. The van der Waals surface area contributed by atoms with Crippen molar-refractivity contribution in [3.63, 3.8) is 0 Å². The highest BCUT2D eigenvalue weighted by atomic mass is 32.1. The van der Waals surface area contributed by atoms with E-state index < -0.39 is 0 Å². The summed E-state index contributed by atoms with van der Waals surface area (Å²) in [6.45, 7) is 0. The van der Waals surface area contributed by atoms with Crippen LogP contribution in [0.25, 0.3) is 58.8 Å². The molecule has 2 aliphatic heterocycles. The van der Waals surface area contributed by atoms with Gasteiger partial charge in [0.05, 0.1) is 16.7 Å². The maximum Gasteiger partial charge on any atom is 0.176 e. The first-order valence-electron chi connectivity index (χ1n) is 15.8. The standard InChI is InChI=1S/C42H24N2O2S/c1-2-9-25(10-3-1)26-11-6-12-27(23-26)43(28-19-20-30-29-13-4-5-18-37(29)47-38(30)24-28)33-22-21-32-31-14-7-15-34-39(31)44-40(32)42(33)46-36-17-8-16-35(45-34)41(36)44/h1-24H. The Balaban J connectivity index is 1.22. The quantitative estimate of drug-likeness (QED) is 0.196. The van der Waals surface area contributed by atoms with Gasteiger partial charge in [-0.3, -0.25) is 4.57 Å². The average molecular weight is 621 g/mol. The van der Waals surface area contributed by atoms with Gasteiger partial charge < -0.3 is 14.4 Å². The molecule has 0 radical (unpaired) electrons. The summed E-state index contributed by atoms with van der Waals surface area (Å²) in [7, 11) is 0. The van der Waals surface area contributed by atoms with Crippen LogP contribution in [-0.2, 0) is 0 Å². The number of rotatable bonds is 4. The number of ether oxygens (including phenoxy) is 2. The fourth-order valence-electron chi connectivity index (χ4n) is 7.52. The van der Waals surface area contributed by atoms with Crippen LogP contribution in [0.4, 0.5) is 17.1 Å². The van der Waals surface area contributed by atoms with E-state index >= 15 is 0 Å². The number of anilines is 3. The van der Waals surface area contributed by atoms with Crippen LogP contribution in [0.1, 0.15) is 0 Å². The van der Waals surface area contributed by atoms with E-state index in [2.05, 4.69) is 137 Å². The Bertz CT molecular complexity index is 2760. The number of thiophene rings is 1. The van der Waals surface area contributed by atoms with Crippen LogP contribution in [0.15, 0.2) is 146 Å². The van der Waals surface area contributed by atoms with Crippen LogP contribution in [0.5, 0.6) is 23.0 Å². The first-order valence-corrected chi connectivity index (χ1v) is 16.6. The molecule has 0 bridgehead atoms. The van der Waals surface area contributed by atoms with Crippen molar-refractivity contribution in [3.05, 3.63) is 146 Å². The highest BCUT2D eigenvalue weighted by Gasteiger charge is 2.34. The van der Waals surface area contributed by atoms with E-state index in [1.807, 2.05) is 29.5 Å². The van der Waals surface area contributed by atoms with Crippen molar-refractivity contribution in [2.24, 2.45) is 0 Å². The zero-order valence-electron chi connectivity index (χ0n) is 25.0. The van der Waals surface area contributed by atoms with Crippen molar-refractivity contribution in [2.45, 2.75) is 0 Å². The second-order valence-corrected chi connectivity index (χ2v) is 13.2. The van der Waals surface area contributed by atoms with Crippen LogP contribution in [0, 0.1) is 0 Å². The normalized spacial score (nSPS) is 12.6. The summed E-state index contributed by atoms with van der Waals surface area (Å²) in [5.74, 6) is 3.28. The lowest BCUT2D eigenvalue weighted by Crippen LogP contribution is -2.14. The Hall–Kier alpha value is -6.04. The van der Waals surface area contributed by atoms with Gasteiger partial charge in [0.1, 0.15) is 5.69 Å². The highest BCUT2D eigenvalue weighted by Crippen LogP contribution is 2.57. The third kappa shape index (κ3) is 3.46. The zero-order valence-corrected chi connectivity index (χ0v) is 25.8. The van der Waals surface area contributed by atoms with Gasteiger partial charge in [0.2, 0.25) is 0 Å². The SMILES string of the molecule is c1ccc(-c2cccc(N(c3ccc4c(c3)sc3ccccc34)c3ccc4c5cccc6c5n5c4c3Oc3cccc(c3-5)O6)c2)cc1. The molecule has 220 valence electrons. The number of hydrogen-bond donors (Lipinski definition) is 0. The number of benzene rings is 7. The Morgan fingerprint density at radius 3 is 2.09 bits per heavy atom. The largest absolute Gasteiger partial charge is 0.453 e. The number of para-hydroxylation sites is 2. The molecule has 0 saturated heterocycles. The zero-order chi connectivity index (χ0) is 30.6. The van der Waals surface area contributed by atoms with Gasteiger partial charge in [-0.25, -0.2) is 0 Å². The van der Waals surface area contributed by atoms with Gasteiger partial charge in [-0.1, -0.05) is 84.9 Å². The molecular formula is C42H24N2O2S. The molecule has 0 aliphatic carbocycles. The molecular weight excluding hydrogens is 597 g/mol. The van der Waals surface area contributed by atoms with Crippen molar-refractivity contribution in [1.82, 2.24) is 4.57 Å². The van der Waals surface area contributed by atoms with Gasteiger partial charge >= 0.3 is 0 Å². The molecule has 0 fully saturated rings. The van der Waals surface area contributed by atoms with Crippen LogP contribution >= 0.6 is 11.3 Å². The van der Waals surface area contributed by atoms with E-state index in [9.17, 15) is 0 Å². The van der Waals surface area contributed by atoms with E-state index in [0.29, 0.717) is 0 Å². The lowest BCUT2D eigenvalue weighted by atomic mass is 10.0. The van der Waals surface area contributed by atoms with E-state index in [0.717, 1.165) is 73.1 Å². The molecule has 7 aromatic carbocycles. The molecule has 0 amide bonds. The van der Waals surface area contributed by atoms with Crippen molar-refractivity contribution in [2.75, 3.05) is 4.90 Å². The molecule has 0 unspecified atom stereocenters. The Morgan fingerprint density at radius 1 is 0.468 bits per heavy atom. The molecule has 2 aromatic heterocycles. The number of aromatic nitrogens is 1. The van der Waals surface area contributed by atoms with Gasteiger partial charge in [0.25, 0.3) is 0 Å². The molecule has 4 nitrogen and oxygen atoms in total. The number of hydrogen-bond acceptors (Lipinski definition) is 4. The third-order valence-electron chi connectivity index (χ3n) is 9.54. The molecule has 0 atom stereocenters. The molecule has 47 heavy (non-hydrogen) atoms. The summed E-state index contributed by atoms with van der Waals surface area (Å²) >= 11 is 1.84. The van der Waals surface area contributed by atoms with E-state index in [1.54, 1.807) is 0 Å². The first-order chi connectivity index (χ1) is 23.3. The second-order valence-electron chi connectivity index (χ2n) is 12.1. The average Bonchev–Trinajstić information content (AvgIpc) is 3.67. The van der Waals surface area contributed by atoms with Gasteiger partial charge in [-0.15, -0.1) is 11.3 Å². The predicted octanol–water partition coefficient (Wildman–Crippen LogP) is 12.5. The molecule has 11 rings (SSSR count).